The van der Waals surface area contributed by atoms with E-state index in [2.05, 4.69) is 4.98 Å². The second kappa shape index (κ2) is 4.65. The molecule has 0 aliphatic heterocycles. The molecular formula is C15H11ClN2O2. The molecule has 0 aliphatic rings. The number of hydrogen-bond acceptors (Lipinski definition) is 3. The number of rotatable bonds is 1. The molecule has 5 heteroatoms. The van der Waals surface area contributed by atoms with E-state index in [-0.39, 0.29) is 11.3 Å². The van der Waals surface area contributed by atoms with Gasteiger partial charge in [-0.15, -0.1) is 0 Å². The number of aromatic hydroxyl groups is 1. The molecule has 3 rings (SSSR count). The summed E-state index contributed by atoms with van der Waals surface area (Å²) in [6.07, 6.45) is 0. The van der Waals surface area contributed by atoms with E-state index in [0.717, 1.165) is 0 Å². The third-order valence-electron chi connectivity index (χ3n) is 3.11. The van der Waals surface area contributed by atoms with Gasteiger partial charge in [-0.3, -0.25) is 9.36 Å². The summed E-state index contributed by atoms with van der Waals surface area (Å²) < 4.78 is 1.41. The fourth-order valence-corrected chi connectivity index (χ4v) is 2.40. The van der Waals surface area contributed by atoms with Gasteiger partial charge < -0.3 is 5.11 Å². The summed E-state index contributed by atoms with van der Waals surface area (Å²) in [6.45, 7) is 1.73. The van der Waals surface area contributed by atoms with E-state index < -0.39 is 0 Å². The smallest absolute Gasteiger partial charge is 0.266 e. The third-order valence-corrected chi connectivity index (χ3v) is 3.43. The van der Waals surface area contributed by atoms with Crippen molar-refractivity contribution in [1.29, 1.82) is 0 Å². The molecule has 0 bridgehead atoms. The van der Waals surface area contributed by atoms with E-state index in [9.17, 15) is 9.90 Å². The highest BCUT2D eigenvalue weighted by Gasteiger charge is 2.12. The largest absolute Gasteiger partial charge is 0.508 e. The maximum Gasteiger partial charge on any atom is 0.266 e. The quantitative estimate of drug-likeness (QED) is 0.748. The number of aromatic nitrogens is 2. The highest BCUT2D eigenvalue weighted by atomic mass is 35.5. The van der Waals surface area contributed by atoms with Crippen LogP contribution in [-0.2, 0) is 0 Å². The predicted molar refractivity (Wildman–Crippen MR) is 78.8 cm³/mol. The minimum absolute atomic E-state index is 0.0452. The van der Waals surface area contributed by atoms with Crippen LogP contribution in [0.2, 0.25) is 5.02 Å². The number of fused-ring (bicyclic) bond motifs is 1. The number of halogens is 1. The molecule has 1 heterocycles. The van der Waals surface area contributed by atoms with Crippen molar-refractivity contribution in [2.45, 2.75) is 6.92 Å². The van der Waals surface area contributed by atoms with Crippen molar-refractivity contribution in [3.05, 3.63) is 63.7 Å². The highest BCUT2D eigenvalue weighted by Crippen LogP contribution is 2.25. The van der Waals surface area contributed by atoms with Crippen LogP contribution in [0.15, 0.2) is 47.3 Å². The first-order chi connectivity index (χ1) is 9.58. The molecule has 0 saturated heterocycles. The lowest BCUT2D eigenvalue weighted by molar-refractivity contribution is 0.475. The van der Waals surface area contributed by atoms with E-state index in [1.54, 1.807) is 31.2 Å². The summed E-state index contributed by atoms with van der Waals surface area (Å²) in [7, 11) is 0. The topological polar surface area (TPSA) is 55.1 Å². The Hall–Kier alpha value is -2.33. The zero-order valence-electron chi connectivity index (χ0n) is 10.7. The third kappa shape index (κ3) is 1.94. The van der Waals surface area contributed by atoms with Crippen molar-refractivity contribution in [2.75, 3.05) is 0 Å². The maximum atomic E-state index is 12.6. The maximum absolute atomic E-state index is 12.6. The van der Waals surface area contributed by atoms with Crippen molar-refractivity contribution in [1.82, 2.24) is 9.55 Å². The molecule has 0 amide bonds. The zero-order chi connectivity index (χ0) is 14.3. The minimum Gasteiger partial charge on any atom is -0.508 e. The van der Waals surface area contributed by atoms with Gasteiger partial charge in [0.25, 0.3) is 5.56 Å². The number of aryl methyl sites for hydroxylation is 1. The Morgan fingerprint density at radius 1 is 1.20 bits per heavy atom. The second-order valence-electron chi connectivity index (χ2n) is 4.45. The fourth-order valence-electron chi connectivity index (χ4n) is 2.20. The van der Waals surface area contributed by atoms with Crippen LogP contribution in [0.1, 0.15) is 5.82 Å². The van der Waals surface area contributed by atoms with Gasteiger partial charge in [0.2, 0.25) is 0 Å². The highest BCUT2D eigenvalue weighted by molar-refractivity contribution is 6.32. The Balaban J connectivity index is 2.42. The average Bonchev–Trinajstić information content (AvgIpc) is 2.42. The molecule has 4 nitrogen and oxygen atoms in total. The van der Waals surface area contributed by atoms with Crippen LogP contribution >= 0.6 is 11.6 Å². The number of phenols is 1. The SMILES string of the molecule is Cc1nc2ccccc2c(=O)n1-c1cc(O)ccc1Cl. The minimum atomic E-state index is -0.208. The van der Waals surface area contributed by atoms with Crippen LogP contribution in [0.4, 0.5) is 0 Å². The zero-order valence-corrected chi connectivity index (χ0v) is 11.4. The van der Waals surface area contributed by atoms with E-state index in [4.69, 9.17) is 11.6 Å². The molecule has 0 unspecified atom stereocenters. The van der Waals surface area contributed by atoms with Gasteiger partial charge in [0.05, 0.1) is 21.6 Å². The lowest BCUT2D eigenvalue weighted by atomic mass is 10.2. The predicted octanol–water partition coefficient (Wildman–Crippen LogP) is 3.05. The molecule has 1 aromatic heterocycles. The van der Waals surface area contributed by atoms with Crippen molar-refractivity contribution < 1.29 is 5.11 Å². The van der Waals surface area contributed by atoms with Gasteiger partial charge >= 0.3 is 0 Å². The molecule has 0 saturated carbocycles. The Morgan fingerprint density at radius 2 is 1.95 bits per heavy atom. The molecule has 0 spiro atoms. The van der Waals surface area contributed by atoms with Crippen LogP contribution in [0.5, 0.6) is 5.75 Å². The van der Waals surface area contributed by atoms with Gasteiger partial charge in [-0.1, -0.05) is 23.7 Å². The van der Waals surface area contributed by atoms with E-state index in [1.165, 1.54) is 16.7 Å². The monoisotopic (exact) mass is 286 g/mol. The first kappa shape index (κ1) is 12.7. The van der Waals surface area contributed by atoms with Crippen molar-refractivity contribution >= 4 is 22.5 Å². The lowest BCUT2D eigenvalue weighted by Gasteiger charge is -2.12. The molecule has 2 aromatic carbocycles. The summed E-state index contributed by atoms with van der Waals surface area (Å²) in [5, 5.41) is 10.5. The molecule has 0 atom stereocenters. The van der Waals surface area contributed by atoms with Gasteiger partial charge in [0, 0.05) is 6.07 Å². The summed E-state index contributed by atoms with van der Waals surface area (Å²) in [4.78, 5) is 17.0. The van der Waals surface area contributed by atoms with Gasteiger partial charge in [-0.25, -0.2) is 4.98 Å². The molecule has 20 heavy (non-hydrogen) atoms. The van der Waals surface area contributed by atoms with Crippen LogP contribution in [0.3, 0.4) is 0 Å². The normalized spacial score (nSPS) is 10.9. The van der Waals surface area contributed by atoms with E-state index >= 15 is 0 Å². The van der Waals surface area contributed by atoms with Crippen molar-refractivity contribution in [2.24, 2.45) is 0 Å². The van der Waals surface area contributed by atoms with Crippen LogP contribution in [0.25, 0.3) is 16.6 Å². The average molecular weight is 287 g/mol. The summed E-state index contributed by atoms with van der Waals surface area (Å²) in [6, 6.07) is 11.6. The standard InChI is InChI=1S/C15H11ClN2O2/c1-9-17-13-5-3-2-4-11(13)15(20)18(9)14-8-10(19)6-7-12(14)16/h2-8,19H,1H3. The molecule has 0 fully saturated rings. The Morgan fingerprint density at radius 3 is 2.75 bits per heavy atom. The van der Waals surface area contributed by atoms with Gasteiger partial charge in [0.1, 0.15) is 11.6 Å². The molecule has 0 radical (unpaired) electrons. The van der Waals surface area contributed by atoms with Crippen LogP contribution in [0, 0.1) is 6.92 Å². The number of phenolic OH excluding ortho intramolecular Hbond substituents is 1. The molecule has 0 aliphatic carbocycles. The number of para-hydroxylation sites is 1. The van der Waals surface area contributed by atoms with Gasteiger partial charge in [-0.2, -0.15) is 0 Å². The molecular weight excluding hydrogens is 276 g/mol. The molecule has 1 N–H and O–H groups in total. The summed E-state index contributed by atoms with van der Waals surface area (Å²) >= 11 is 6.13. The van der Waals surface area contributed by atoms with Crippen molar-refractivity contribution in [3.63, 3.8) is 0 Å². The first-order valence-corrected chi connectivity index (χ1v) is 6.43. The Labute approximate surface area is 119 Å². The first-order valence-electron chi connectivity index (χ1n) is 6.05. The number of nitrogens with zero attached hydrogens (tertiary/aromatic N) is 2. The van der Waals surface area contributed by atoms with E-state index in [0.29, 0.717) is 27.4 Å². The molecule has 100 valence electrons. The Bertz CT molecular complexity index is 871. The summed E-state index contributed by atoms with van der Waals surface area (Å²) in [5.41, 5.74) is 0.857. The van der Waals surface area contributed by atoms with Crippen LogP contribution < -0.4 is 5.56 Å². The number of benzene rings is 2. The van der Waals surface area contributed by atoms with Crippen LogP contribution in [-0.4, -0.2) is 14.7 Å². The number of hydrogen-bond donors (Lipinski definition) is 1. The van der Waals surface area contributed by atoms with Gasteiger partial charge in [-0.05, 0) is 31.2 Å². The lowest BCUT2D eigenvalue weighted by Crippen LogP contribution is -2.22. The summed E-state index contributed by atoms with van der Waals surface area (Å²) in [5.74, 6) is 0.560. The second-order valence-corrected chi connectivity index (χ2v) is 4.86. The van der Waals surface area contributed by atoms with Gasteiger partial charge in [0.15, 0.2) is 0 Å². The fraction of sp³-hybridized carbons (Fsp3) is 0.0667. The Kier molecular flexibility index (Phi) is 2.95. The molecule has 3 aromatic rings. The van der Waals surface area contributed by atoms with Crippen molar-refractivity contribution in [3.8, 4) is 11.4 Å². The van der Waals surface area contributed by atoms with E-state index in [1.807, 2.05) is 6.07 Å².